The molecule has 0 bridgehead atoms. The Morgan fingerprint density at radius 2 is 1.71 bits per heavy atom. The number of para-hydroxylation sites is 1. The largest absolute Gasteiger partial charge is 0.481 e. The molecule has 0 fully saturated rings. The van der Waals surface area contributed by atoms with Crippen LogP contribution in [0.4, 0.5) is 11.4 Å². The molecule has 2 amide bonds. The summed E-state index contributed by atoms with van der Waals surface area (Å²) in [7, 11) is 0. The number of nitrogens with one attached hydrogen (secondary N) is 2. The smallest absolute Gasteiger partial charge is 0.266 e. The summed E-state index contributed by atoms with van der Waals surface area (Å²) >= 11 is 13.0. The number of nitrogens with zero attached hydrogens (tertiary/aromatic N) is 1. The van der Waals surface area contributed by atoms with Gasteiger partial charge in [-0.15, -0.1) is 0 Å². The van der Waals surface area contributed by atoms with E-state index in [2.05, 4.69) is 42.5 Å². The van der Waals surface area contributed by atoms with Crippen molar-refractivity contribution < 1.29 is 14.3 Å². The van der Waals surface area contributed by atoms with Crippen LogP contribution >= 0.6 is 43.5 Å². The Bertz CT molecular complexity index is 1340. The van der Waals surface area contributed by atoms with Crippen LogP contribution in [0.1, 0.15) is 16.7 Å². The van der Waals surface area contributed by atoms with Crippen LogP contribution in [0.25, 0.3) is 6.08 Å². The molecule has 9 heteroatoms. The van der Waals surface area contributed by atoms with Crippen LogP contribution in [0.3, 0.4) is 0 Å². The second-order valence-corrected chi connectivity index (χ2v) is 9.67. The molecule has 0 aromatic heterocycles. The van der Waals surface area contributed by atoms with Crippen LogP contribution in [0, 0.1) is 25.2 Å². The van der Waals surface area contributed by atoms with Gasteiger partial charge in [0.25, 0.3) is 11.8 Å². The van der Waals surface area contributed by atoms with Crippen molar-refractivity contribution >= 4 is 72.7 Å². The molecule has 0 aliphatic rings. The number of benzene rings is 3. The zero-order valence-corrected chi connectivity index (χ0v) is 22.7. The predicted octanol–water partition coefficient (Wildman–Crippen LogP) is 7.05. The topological polar surface area (TPSA) is 91.2 Å². The molecule has 35 heavy (non-hydrogen) atoms. The van der Waals surface area contributed by atoms with Gasteiger partial charge in [-0.2, -0.15) is 5.26 Å². The minimum atomic E-state index is -0.512. The van der Waals surface area contributed by atoms with E-state index >= 15 is 0 Å². The average molecular weight is 618 g/mol. The van der Waals surface area contributed by atoms with E-state index in [4.69, 9.17) is 16.3 Å². The van der Waals surface area contributed by atoms with Crippen LogP contribution < -0.4 is 15.4 Å². The molecule has 0 spiro atoms. The SMILES string of the molecule is Cc1ccc(NC(=O)COc2c(Br)cc(/C=C(/C#N)C(=O)Nc3ccccc3C)cc2Br)cc1Cl. The molecule has 0 saturated heterocycles. The highest BCUT2D eigenvalue weighted by Gasteiger charge is 2.14. The fraction of sp³-hybridized carbons (Fsp3) is 0.115. The third kappa shape index (κ3) is 7.18. The first-order valence-corrected chi connectivity index (χ1v) is 12.3. The number of aryl methyl sites for hydroxylation is 2. The Morgan fingerprint density at radius 3 is 2.34 bits per heavy atom. The minimum Gasteiger partial charge on any atom is -0.481 e. The number of ether oxygens (including phenoxy) is 1. The number of carbonyl (C=O) groups excluding carboxylic acids is 2. The van der Waals surface area contributed by atoms with Crippen molar-refractivity contribution in [1.82, 2.24) is 0 Å². The fourth-order valence-electron chi connectivity index (χ4n) is 3.02. The fourth-order valence-corrected chi connectivity index (χ4v) is 4.66. The van der Waals surface area contributed by atoms with E-state index in [9.17, 15) is 14.9 Å². The maximum Gasteiger partial charge on any atom is 0.266 e. The van der Waals surface area contributed by atoms with Gasteiger partial charge in [0.05, 0.1) is 8.95 Å². The summed E-state index contributed by atoms with van der Waals surface area (Å²) in [5.41, 5.74) is 3.54. The summed E-state index contributed by atoms with van der Waals surface area (Å²) in [5.74, 6) is -0.461. The predicted molar refractivity (Wildman–Crippen MR) is 146 cm³/mol. The number of carbonyl (C=O) groups is 2. The van der Waals surface area contributed by atoms with Gasteiger partial charge in [-0.05, 0) is 98.8 Å². The summed E-state index contributed by atoms with van der Waals surface area (Å²) in [4.78, 5) is 24.9. The molecular formula is C26H20Br2ClN3O3. The lowest BCUT2D eigenvalue weighted by molar-refractivity contribution is -0.118. The van der Waals surface area contributed by atoms with Gasteiger partial charge in [0.1, 0.15) is 17.4 Å². The third-order valence-corrected chi connectivity index (χ3v) is 6.48. The lowest BCUT2D eigenvalue weighted by Crippen LogP contribution is -2.20. The molecule has 3 aromatic carbocycles. The molecule has 6 nitrogen and oxygen atoms in total. The molecule has 0 aliphatic carbocycles. The van der Waals surface area contributed by atoms with Crippen molar-refractivity contribution in [3.8, 4) is 11.8 Å². The van der Waals surface area contributed by atoms with E-state index in [1.807, 2.05) is 44.2 Å². The lowest BCUT2D eigenvalue weighted by Gasteiger charge is -2.12. The third-order valence-electron chi connectivity index (χ3n) is 4.89. The summed E-state index contributed by atoms with van der Waals surface area (Å²) in [6.07, 6.45) is 1.47. The molecule has 0 atom stereocenters. The van der Waals surface area contributed by atoms with E-state index in [-0.39, 0.29) is 18.1 Å². The highest BCUT2D eigenvalue weighted by Crippen LogP contribution is 2.35. The first-order valence-electron chi connectivity index (χ1n) is 10.3. The van der Waals surface area contributed by atoms with Gasteiger partial charge in [-0.1, -0.05) is 35.9 Å². The molecule has 0 saturated carbocycles. The first kappa shape index (κ1) is 26.5. The Balaban J connectivity index is 1.70. The number of halogens is 3. The molecular weight excluding hydrogens is 598 g/mol. The number of rotatable bonds is 7. The van der Waals surface area contributed by atoms with Crippen molar-refractivity contribution in [1.29, 1.82) is 5.26 Å². The lowest BCUT2D eigenvalue weighted by atomic mass is 10.1. The molecule has 0 aliphatic heterocycles. The molecule has 3 aromatic rings. The van der Waals surface area contributed by atoms with E-state index in [0.29, 0.717) is 36.7 Å². The van der Waals surface area contributed by atoms with Crippen molar-refractivity contribution in [2.45, 2.75) is 13.8 Å². The van der Waals surface area contributed by atoms with Gasteiger partial charge in [-0.3, -0.25) is 9.59 Å². The zero-order valence-electron chi connectivity index (χ0n) is 18.8. The van der Waals surface area contributed by atoms with Crippen LogP contribution in [0.15, 0.2) is 69.1 Å². The van der Waals surface area contributed by atoms with Crippen molar-refractivity contribution in [2.24, 2.45) is 0 Å². The minimum absolute atomic E-state index is 0.0585. The number of nitriles is 1. The van der Waals surface area contributed by atoms with E-state index in [0.717, 1.165) is 11.1 Å². The maximum atomic E-state index is 12.6. The van der Waals surface area contributed by atoms with Gasteiger partial charge in [-0.25, -0.2) is 0 Å². The Labute approximate surface area is 225 Å². The number of hydrogen-bond acceptors (Lipinski definition) is 4. The van der Waals surface area contributed by atoms with Gasteiger partial charge in [0, 0.05) is 16.4 Å². The molecule has 178 valence electrons. The van der Waals surface area contributed by atoms with Crippen molar-refractivity contribution in [2.75, 3.05) is 17.2 Å². The average Bonchev–Trinajstić information content (AvgIpc) is 2.80. The quantitative estimate of drug-likeness (QED) is 0.220. The van der Waals surface area contributed by atoms with Crippen LogP contribution in [0.5, 0.6) is 5.75 Å². The van der Waals surface area contributed by atoms with Gasteiger partial charge >= 0.3 is 0 Å². The number of anilines is 2. The highest BCUT2D eigenvalue weighted by molar-refractivity contribution is 9.11. The second kappa shape index (κ2) is 12.0. The van der Waals surface area contributed by atoms with E-state index < -0.39 is 5.91 Å². The number of hydrogen-bond donors (Lipinski definition) is 2. The molecule has 0 heterocycles. The van der Waals surface area contributed by atoms with Crippen molar-refractivity contribution in [3.05, 3.63) is 90.8 Å². The van der Waals surface area contributed by atoms with Crippen LogP contribution in [0.2, 0.25) is 5.02 Å². The molecule has 3 rings (SSSR count). The van der Waals surface area contributed by atoms with E-state index in [1.165, 1.54) is 6.08 Å². The Hall–Kier alpha value is -3.12. The van der Waals surface area contributed by atoms with Gasteiger partial charge < -0.3 is 15.4 Å². The summed E-state index contributed by atoms with van der Waals surface area (Å²) in [5, 5.41) is 15.6. The highest BCUT2D eigenvalue weighted by atomic mass is 79.9. The zero-order chi connectivity index (χ0) is 25.5. The normalized spacial score (nSPS) is 10.9. The summed E-state index contributed by atoms with van der Waals surface area (Å²) in [6, 6.07) is 17.9. The second-order valence-electron chi connectivity index (χ2n) is 7.55. The Kier molecular flexibility index (Phi) is 9.10. The molecule has 0 unspecified atom stereocenters. The molecule has 2 N–H and O–H groups in total. The summed E-state index contributed by atoms with van der Waals surface area (Å²) in [6.45, 7) is 3.51. The Morgan fingerprint density at radius 1 is 1.03 bits per heavy atom. The maximum absolute atomic E-state index is 12.6. The number of amides is 2. The first-order chi connectivity index (χ1) is 16.7. The van der Waals surface area contributed by atoms with Crippen LogP contribution in [-0.4, -0.2) is 18.4 Å². The van der Waals surface area contributed by atoms with Crippen molar-refractivity contribution in [3.63, 3.8) is 0 Å². The van der Waals surface area contributed by atoms with Gasteiger partial charge in [0.2, 0.25) is 0 Å². The monoisotopic (exact) mass is 615 g/mol. The van der Waals surface area contributed by atoms with Gasteiger partial charge in [0.15, 0.2) is 6.61 Å². The standard InChI is InChI=1S/C26H20Br2ClN3O3/c1-15-7-8-19(12-22(15)29)31-24(33)14-35-25-20(27)10-17(11-21(25)28)9-18(13-30)26(34)32-23-6-4-3-5-16(23)2/h3-12H,14H2,1-2H3,(H,31,33)(H,32,34)/b18-9-. The van der Waals surface area contributed by atoms with Crippen LogP contribution in [-0.2, 0) is 9.59 Å². The molecule has 0 radical (unpaired) electrons. The van der Waals surface area contributed by atoms with E-state index in [1.54, 1.807) is 30.3 Å². The summed E-state index contributed by atoms with van der Waals surface area (Å²) < 4.78 is 6.76.